The molecule has 1 saturated heterocycles. The zero-order valence-electron chi connectivity index (χ0n) is 13.4. The Kier molecular flexibility index (Phi) is 3.36. The monoisotopic (exact) mass is 297 g/mol. The summed E-state index contributed by atoms with van der Waals surface area (Å²) in [6.07, 6.45) is 9.26. The van der Waals surface area contributed by atoms with Crippen LogP contribution in [0.1, 0.15) is 43.3 Å². The molecule has 5 nitrogen and oxygen atoms in total. The summed E-state index contributed by atoms with van der Waals surface area (Å²) in [4.78, 5) is 15.9. The molecule has 4 rings (SSSR count). The molecule has 1 aliphatic carbocycles. The van der Waals surface area contributed by atoms with Gasteiger partial charge in [0.05, 0.1) is 0 Å². The number of aromatic nitrogens is 4. The zero-order valence-corrected chi connectivity index (χ0v) is 13.4. The molecule has 0 bridgehead atoms. The third-order valence-corrected chi connectivity index (χ3v) is 4.83. The fraction of sp³-hybridized carbons (Fsp3) is 0.588. The van der Waals surface area contributed by atoms with Gasteiger partial charge in [-0.15, -0.1) is 0 Å². The number of anilines is 1. The van der Waals surface area contributed by atoms with Crippen LogP contribution in [0.2, 0.25) is 0 Å². The molecule has 5 heteroatoms. The van der Waals surface area contributed by atoms with Gasteiger partial charge in [-0.1, -0.05) is 13.8 Å². The maximum atomic E-state index is 4.55. The summed E-state index contributed by atoms with van der Waals surface area (Å²) < 4.78 is 2.32. The van der Waals surface area contributed by atoms with E-state index >= 15 is 0 Å². The van der Waals surface area contributed by atoms with Crippen LogP contribution in [0.15, 0.2) is 18.7 Å². The van der Waals surface area contributed by atoms with Crippen LogP contribution in [0.3, 0.4) is 0 Å². The highest BCUT2D eigenvalue weighted by molar-refractivity contribution is 5.52. The Bertz CT molecular complexity index is 669. The van der Waals surface area contributed by atoms with Crippen molar-refractivity contribution in [1.29, 1.82) is 0 Å². The molecule has 0 amide bonds. The van der Waals surface area contributed by atoms with E-state index in [2.05, 4.69) is 44.5 Å². The second-order valence-corrected chi connectivity index (χ2v) is 6.84. The third kappa shape index (κ3) is 2.28. The van der Waals surface area contributed by atoms with Crippen molar-refractivity contribution >= 4 is 5.82 Å². The Balaban J connectivity index is 1.42. The second kappa shape index (κ2) is 5.38. The van der Waals surface area contributed by atoms with Gasteiger partial charge in [-0.3, -0.25) is 0 Å². The maximum absolute atomic E-state index is 4.55. The number of rotatable bonds is 4. The Hall–Kier alpha value is -1.91. The van der Waals surface area contributed by atoms with E-state index in [1.807, 2.05) is 6.20 Å². The van der Waals surface area contributed by atoms with Gasteiger partial charge in [0, 0.05) is 55.1 Å². The van der Waals surface area contributed by atoms with Crippen LogP contribution in [-0.2, 0) is 19.4 Å². The normalized spacial score (nSPS) is 17.9. The van der Waals surface area contributed by atoms with Crippen molar-refractivity contribution in [3.05, 3.63) is 35.8 Å². The molecular weight excluding hydrogens is 274 g/mol. The van der Waals surface area contributed by atoms with Crippen molar-refractivity contribution < 1.29 is 0 Å². The third-order valence-electron chi connectivity index (χ3n) is 4.83. The highest BCUT2D eigenvalue weighted by atomic mass is 15.3. The predicted molar refractivity (Wildman–Crippen MR) is 86.1 cm³/mol. The van der Waals surface area contributed by atoms with E-state index in [0.717, 1.165) is 32.5 Å². The topological polar surface area (TPSA) is 46.8 Å². The van der Waals surface area contributed by atoms with E-state index in [0.29, 0.717) is 11.8 Å². The number of hydrogen-bond acceptors (Lipinski definition) is 4. The maximum Gasteiger partial charge on any atom is 0.135 e. The van der Waals surface area contributed by atoms with Crippen molar-refractivity contribution in [2.24, 2.45) is 5.92 Å². The summed E-state index contributed by atoms with van der Waals surface area (Å²) in [5, 5.41) is 0. The van der Waals surface area contributed by atoms with Crippen LogP contribution >= 0.6 is 0 Å². The van der Waals surface area contributed by atoms with Crippen LogP contribution in [0.4, 0.5) is 5.82 Å². The summed E-state index contributed by atoms with van der Waals surface area (Å²) in [6.45, 7) is 7.67. The molecule has 0 unspecified atom stereocenters. The van der Waals surface area contributed by atoms with Gasteiger partial charge in [0.1, 0.15) is 18.0 Å². The van der Waals surface area contributed by atoms with E-state index in [-0.39, 0.29) is 0 Å². The van der Waals surface area contributed by atoms with Crippen molar-refractivity contribution in [1.82, 2.24) is 19.5 Å². The first-order chi connectivity index (χ1) is 10.7. The summed E-state index contributed by atoms with van der Waals surface area (Å²) >= 11 is 0. The quantitative estimate of drug-likeness (QED) is 0.869. The molecule has 0 saturated carbocycles. The lowest BCUT2D eigenvalue weighted by Gasteiger charge is -2.41. The smallest absolute Gasteiger partial charge is 0.135 e. The number of nitrogens with zero attached hydrogens (tertiary/aromatic N) is 5. The molecule has 22 heavy (non-hydrogen) atoms. The van der Waals surface area contributed by atoms with E-state index in [1.54, 1.807) is 6.33 Å². The average molecular weight is 297 g/mol. The minimum atomic E-state index is 0.483. The molecule has 2 aromatic rings. The van der Waals surface area contributed by atoms with Gasteiger partial charge in [-0.05, 0) is 19.3 Å². The van der Waals surface area contributed by atoms with E-state index in [1.165, 1.54) is 29.3 Å². The lowest BCUT2D eigenvalue weighted by Crippen LogP contribution is -2.49. The van der Waals surface area contributed by atoms with Crippen LogP contribution in [0.25, 0.3) is 0 Å². The van der Waals surface area contributed by atoms with E-state index in [9.17, 15) is 0 Å². The standard InChI is InChI=1S/C17H23N5/c1-12(2)16-18-6-7-21(16)8-13-9-22(10-13)17-14-4-3-5-15(14)19-11-20-17/h6-7,11-13H,3-5,8-10H2,1-2H3. The summed E-state index contributed by atoms with van der Waals surface area (Å²) in [5.74, 6) is 3.56. The molecule has 1 aliphatic heterocycles. The lowest BCUT2D eigenvalue weighted by atomic mass is 9.99. The van der Waals surface area contributed by atoms with Crippen LogP contribution in [0.5, 0.6) is 0 Å². The van der Waals surface area contributed by atoms with Gasteiger partial charge in [-0.25, -0.2) is 15.0 Å². The van der Waals surface area contributed by atoms with Crippen molar-refractivity contribution in [2.75, 3.05) is 18.0 Å². The minimum absolute atomic E-state index is 0.483. The Morgan fingerprint density at radius 1 is 1.18 bits per heavy atom. The number of fused-ring (bicyclic) bond motifs is 1. The minimum Gasteiger partial charge on any atom is -0.355 e. The van der Waals surface area contributed by atoms with Crippen molar-refractivity contribution in [3.8, 4) is 0 Å². The molecule has 0 atom stereocenters. The highest BCUT2D eigenvalue weighted by Gasteiger charge is 2.31. The molecule has 116 valence electrons. The highest BCUT2D eigenvalue weighted by Crippen LogP contribution is 2.32. The predicted octanol–water partition coefficient (Wildman–Crippen LogP) is 2.42. The fourth-order valence-corrected chi connectivity index (χ4v) is 3.73. The zero-order chi connectivity index (χ0) is 15.1. The SMILES string of the molecule is CC(C)c1nccn1CC1CN(c2ncnc3c2CCC3)C1. The molecule has 0 aromatic carbocycles. The molecule has 0 N–H and O–H groups in total. The lowest BCUT2D eigenvalue weighted by molar-refractivity contribution is 0.348. The van der Waals surface area contributed by atoms with Crippen LogP contribution in [0, 0.1) is 5.92 Å². The fourth-order valence-electron chi connectivity index (χ4n) is 3.73. The average Bonchev–Trinajstić information content (AvgIpc) is 3.10. The molecule has 0 radical (unpaired) electrons. The molecule has 2 aliphatic rings. The Morgan fingerprint density at radius 2 is 2.05 bits per heavy atom. The van der Waals surface area contributed by atoms with Gasteiger partial charge in [0.25, 0.3) is 0 Å². The van der Waals surface area contributed by atoms with Crippen LogP contribution in [-0.4, -0.2) is 32.6 Å². The molecule has 3 heterocycles. The number of hydrogen-bond donors (Lipinski definition) is 0. The first kappa shape index (κ1) is 13.7. The molecular formula is C17H23N5. The molecule has 1 fully saturated rings. The largest absolute Gasteiger partial charge is 0.355 e. The van der Waals surface area contributed by atoms with Crippen LogP contribution < -0.4 is 4.90 Å². The second-order valence-electron chi connectivity index (χ2n) is 6.84. The molecule has 2 aromatic heterocycles. The van der Waals surface area contributed by atoms with Gasteiger partial charge < -0.3 is 9.47 Å². The van der Waals surface area contributed by atoms with Crippen molar-refractivity contribution in [3.63, 3.8) is 0 Å². The first-order valence-electron chi connectivity index (χ1n) is 8.31. The number of aryl methyl sites for hydroxylation is 1. The Morgan fingerprint density at radius 3 is 2.86 bits per heavy atom. The number of imidazole rings is 1. The van der Waals surface area contributed by atoms with Gasteiger partial charge in [0.2, 0.25) is 0 Å². The van der Waals surface area contributed by atoms with Gasteiger partial charge in [-0.2, -0.15) is 0 Å². The van der Waals surface area contributed by atoms with Crippen molar-refractivity contribution in [2.45, 2.75) is 45.6 Å². The molecule has 0 spiro atoms. The summed E-state index contributed by atoms with van der Waals surface area (Å²) in [6, 6.07) is 0. The summed E-state index contributed by atoms with van der Waals surface area (Å²) in [7, 11) is 0. The van der Waals surface area contributed by atoms with E-state index < -0.39 is 0 Å². The Labute approximate surface area is 131 Å². The summed E-state index contributed by atoms with van der Waals surface area (Å²) in [5.41, 5.74) is 2.66. The van der Waals surface area contributed by atoms with Gasteiger partial charge >= 0.3 is 0 Å². The first-order valence-corrected chi connectivity index (χ1v) is 8.31. The van der Waals surface area contributed by atoms with E-state index in [4.69, 9.17) is 0 Å². The van der Waals surface area contributed by atoms with Gasteiger partial charge in [0.15, 0.2) is 0 Å².